The first-order valence-electron chi connectivity index (χ1n) is 4.67. The van der Waals surface area contributed by atoms with Crippen LogP contribution in [0.5, 0.6) is 0 Å². The summed E-state index contributed by atoms with van der Waals surface area (Å²) in [5.74, 6) is 0.499. The summed E-state index contributed by atoms with van der Waals surface area (Å²) >= 11 is 0. The molecule has 0 radical (unpaired) electrons. The van der Waals surface area contributed by atoms with E-state index in [-0.39, 0.29) is 6.04 Å². The number of rotatable bonds is 3. The van der Waals surface area contributed by atoms with Crippen LogP contribution in [0.2, 0.25) is 0 Å². The molecule has 2 rings (SSSR count). The van der Waals surface area contributed by atoms with E-state index in [4.69, 9.17) is 0 Å². The molecule has 0 aromatic rings. The lowest BCUT2D eigenvalue weighted by atomic mass is 10.3. The number of amides is 1. The maximum Gasteiger partial charge on any atom is 0.338 e. The Hall–Kier alpha value is -0.750. The highest BCUT2D eigenvalue weighted by molar-refractivity contribution is 5.83. The second-order valence-electron chi connectivity index (χ2n) is 4.00. The monoisotopic (exact) mass is 205 g/mol. The SMILES string of the molecule is NNC(=O)C(F)(F)CN1CCC2CC21. The molecule has 1 amide bonds. The van der Waals surface area contributed by atoms with Gasteiger partial charge in [0, 0.05) is 6.04 Å². The van der Waals surface area contributed by atoms with Crippen molar-refractivity contribution in [3.05, 3.63) is 0 Å². The summed E-state index contributed by atoms with van der Waals surface area (Å²) in [6.45, 7) is 0.167. The lowest BCUT2D eigenvalue weighted by Crippen LogP contribution is -2.50. The van der Waals surface area contributed by atoms with E-state index in [0.717, 1.165) is 12.8 Å². The zero-order chi connectivity index (χ0) is 10.3. The van der Waals surface area contributed by atoms with E-state index in [2.05, 4.69) is 5.84 Å². The number of carbonyl (C=O) groups excluding carboxylic acids is 1. The number of nitrogens with zero attached hydrogens (tertiary/aromatic N) is 1. The molecular formula is C8H13F2N3O. The number of nitrogens with one attached hydrogen (secondary N) is 1. The third-order valence-electron chi connectivity index (χ3n) is 3.01. The van der Waals surface area contributed by atoms with Crippen molar-refractivity contribution in [2.75, 3.05) is 13.1 Å². The molecule has 1 heterocycles. The molecular weight excluding hydrogens is 192 g/mol. The molecule has 0 bridgehead atoms. The largest absolute Gasteiger partial charge is 0.338 e. The average molecular weight is 205 g/mol. The summed E-state index contributed by atoms with van der Waals surface area (Å²) < 4.78 is 26.3. The van der Waals surface area contributed by atoms with Crippen LogP contribution in [0, 0.1) is 5.92 Å². The van der Waals surface area contributed by atoms with Crippen LogP contribution < -0.4 is 11.3 Å². The summed E-state index contributed by atoms with van der Waals surface area (Å²) in [7, 11) is 0. The highest BCUT2D eigenvalue weighted by Gasteiger charge is 2.51. The first-order chi connectivity index (χ1) is 6.54. The quantitative estimate of drug-likeness (QED) is 0.378. The highest BCUT2D eigenvalue weighted by atomic mass is 19.3. The number of hydrazine groups is 1. The standard InChI is InChI=1S/C8H13F2N3O/c9-8(10,7(14)12-11)4-13-2-1-5-3-6(5)13/h5-6H,1-4,11H2,(H,12,14). The van der Waals surface area contributed by atoms with Crippen LogP contribution >= 0.6 is 0 Å². The molecule has 1 aliphatic heterocycles. The second-order valence-corrected chi connectivity index (χ2v) is 4.00. The highest BCUT2D eigenvalue weighted by Crippen LogP contribution is 2.45. The fourth-order valence-corrected chi connectivity index (χ4v) is 2.12. The molecule has 6 heteroatoms. The van der Waals surface area contributed by atoms with Crippen molar-refractivity contribution >= 4 is 5.91 Å². The van der Waals surface area contributed by atoms with E-state index in [0.29, 0.717) is 12.5 Å². The van der Waals surface area contributed by atoms with Gasteiger partial charge in [-0.05, 0) is 25.3 Å². The summed E-state index contributed by atoms with van der Waals surface area (Å²) in [5, 5.41) is 0. The van der Waals surface area contributed by atoms with Crippen molar-refractivity contribution in [3.63, 3.8) is 0 Å². The van der Waals surface area contributed by atoms with E-state index in [1.165, 1.54) is 5.43 Å². The van der Waals surface area contributed by atoms with Crippen LogP contribution in [-0.2, 0) is 4.79 Å². The van der Waals surface area contributed by atoms with Crippen LogP contribution in [0.25, 0.3) is 0 Å². The van der Waals surface area contributed by atoms with Gasteiger partial charge in [-0.2, -0.15) is 8.78 Å². The minimum atomic E-state index is -3.37. The number of nitrogens with two attached hydrogens (primary N) is 1. The normalized spacial score (nSPS) is 31.4. The molecule has 1 saturated heterocycles. The lowest BCUT2D eigenvalue weighted by Gasteiger charge is -2.23. The number of carbonyl (C=O) groups is 1. The van der Waals surface area contributed by atoms with E-state index in [9.17, 15) is 13.6 Å². The minimum absolute atomic E-state index is 0.284. The number of alkyl halides is 2. The Labute approximate surface area is 80.4 Å². The zero-order valence-corrected chi connectivity index (χ0v) is 7.67. The molecule has 80 valence electrons. The van der Waals surface area contributed by atoms with Crippen LogP contribution in [0.4, 0.5) is 8.78 Å². The number of piperidine rings is 1. The molecule has 1 aliphatic carbocycles. The fourth-order valence-electron chi connectivity index (χ4n) is 2.12. The number of hydrogen-bond donors (Lipinski definition) is 2. The van der Waals surface area contributed by atoms with Crippen molar-refractivity contribution in [1.29, 1.82) is 0 Å². The van der Waals surface area contributed by atoms with Gasteiger partial charge in [0.1, 0.15) is 0 Å². The van der Waals surface area contributed by atoms with Crippen molar-refractivity contribution < 1.29 is 13.6 Å². The second kappa shape index (κ2) is 3.13. The van der Waals surface area contributed by atoms with Gasteiger partial charge in [-0.25, -0.2) is 5.84 Å². The molecule has 2 atom stereocenters. The molecule has 0 spiro atoms. The van der Waals surface area contributed by atoms with Crippen LogP contribution in [0.15, 0.2) is 0 Å². The molecule has 2 unspecified atom stereocenters. The van der Waals surface area contributed by atoms with Gasteiger partial charge < -0.3 is 0 Å². The van der Waals surface area contributed by atoms with Gasteiger partial charge in [-0.3, -0.25) is 15.1 Å². The number of fused-ring (bicyclic) bond motifs is 1. The number of hydrogen-bond acceptors (Lipinski definition) is 3. The minimum Gasteiger partial charge on any atom is -0.294 e. The molecule has 0 aromatic carbocycles. The van der Waals surface area contributed by atoms with E-state index >= 15 is 0 Å². The molecule has 2 fully saturated rings. The third kappa shape index (κ3) is 1.59. The maximum absolute atomic E-state index is 13.1. The third-order valence-corrected chi connectivity index (χ3v) is 3.01. The van der Waals surface area contributed by atoms with Gasteiger partial charge in [0.25, 0.3) is 0 Å². The predicted octanol–water partition coefficient (Wildman–Crippen LogP) is -0.294. The van der Waals surface area contributed by atoms with Gasteiger partial charge in [-0.1, -0.05) is 0 Å². The molecule has 3 N–H and O–H groups in total. The van der Waals surface area contributed by atoms with Gasteiger partial charge >= 0.3 is 11.8 Å². The molecule has 0 aromatic heterocycles. The Balaban J connectivity index is 1.92. The van der Waals surface area contributed by atoms with Crippen LogP contribution in [0.3, 0.4) is 0 Å². The summed E-state index contributed by atoms with van der Waals surface area (Å²) in [4.78, 5) is 12.4. The average Bonchev–Trinajstić information content (AvgIpc) is 2.83. The first kappa shape index (κ1) is 9.79. The summed E-state index contributed by atoms with van der Waals surface area (Å²) in [5.41, 5.74) is 1.49. The topological polar surface area (TPSA) is 58.4 Å². The first-order valence-corrected chi connectivity index (χ1v) is 4.67. The Kier molecular flexibility index (Phi) is 2.19. The molecule has 2 aliphatic rings. The van der Waals surface area contributed by atoms with Crippen LogP contribution in [-0.4, -0.2) is 35.9 Å². The van der Waals surface area contributed by atoms with Crippen molar-refractivity contribution in [1.82, 2.24) is 10.3 Å². The number of likely N-dealkylation sites (tertiary alicyclic amines) is 1. The van der Waals surface area contributed by atoms with Gasteiger partial charge in [0.2, 0.25) is 0 Å². The predicted molar refractivity (Wildman–Crippen MR) is 45.4 cm³/mol. The lowest BCUT2D eigenvalue weighted by molar-refractivity contribution is -0.148. The summed E-state index contributed by atoms with van der Waals surface area (Å²) in [6.07, 6.45) is 1.98. The van der Waals surface area contributed by atoms with Gasteiger partial charge in [0.05, 0.1) is 6.54 Å². The Morgan fingerprint density at radius 2 is 2.36 bits per heavy atom. The Bertz CT molecular complexity index is 259. The van der Waals surface area contributed by atoms with Gasteiger partial charge in [0.15, 0.2) is 0 Å². The van der Waals surface area contributed by atoms with E-state index < -0.39 is 18.4 Å². The van der Waals surface area contributed by atoms with Crippen LogP contribution in [0.1, 0.15) is 12.8 Å². The van der Waals surface area contributed by atoms with Crippen molar-refractivity contribution in [3.8, 4) is 0 Å². The Morgan fingerprint density at radius 1 is 1.64 bits per heavy atom. The smallest absolute Gasteiger partial charge is 0.294 e. The zero-order valence-electron chi connectivity index (χ0n) is 7.67. The van der Waals surface area contributed by atoms with E-state index in [1.54, 1.807) is 4.90 Å². The van der Waals surface area contributed by atoms with Crippen molar-refractivity contribution in [2.45, 2.75) is 24.8 Å². The number of halogens is 2. The molecule has 14 heavy (non-hydrogen) atoms. The summed E-state index contributed by atoms with van der Waals surface area (Å²) in [6, 6.07) is 0.284. The maximum atomic E-state index is 13.1. The fraction of sp³-hybridized carbons (Fsp3) is 0.875. The van der Waals surface area contributed by atoms with E-state index in [1.807, 2.05) is 0 Å². The molecule has 1 saturated carbocycles. The molecule has 4 nitrogen and oxygen atoms in total. The Morgan fingerprint density at radius 3 is 2.79 bits per heavy atom. The van der Waals surface area contributed by atoms with Crippen molar-refractivity contribution in [2.24, 2.45) is 11.8 Å². The van der Waals surface area contributed by atoms with Gasteiger partial charge in [-0.15, -0.1) is 0 Å².